The van der Waals surface area contributed by atoms with Crippen molar-refractivity contribution < 1.29 is 10.0 Å². The number of nitrogens with two attached hydrogens (primary N) is 1. The van der Waals surface area contributed by atoms with Crippen LogP contribution in [0.15, 0.2) is 30.6 Å². The quantitative estimate of drug-likeness (QED) is 0.398. The molecule has 0 saturated heterocycles. The lowest BCUT2D eigenvalue weighted by Crippen LogP contribution is -2.09. The molecule has 2 rings (SSSR count). The molecule has 22 heavy (non-hydrogen) atoms. The second kappa shape index (κ2) is 7.32. The Morgan fingerprint density at radius 2 is 2.00 bits per heavy atom. The van der Waals surface area contributed by atoms with Gasteiger partial charge in [0, 0.05) is 50.1 Å². The summed E-state index contributed by atoms with van der Waals surface area (Å²) >= 11 is 0. The molecule has 0 aliphatic carbocycles. The summed E-state index contributed by atoms with van der Waals surface area (Å²) in [5, 5.41) is 22.9. The van der Waals surface area contributed by atoms with E-state index in [0.29, 0.717) is 30.8 Å². The molecule has 0 amide bonds. The Kier molecular flexibility index (Phi) is 5.21. The van der Waals surface area contributed by atoms with Crippen molar-refractivity contribution in [3.63, 3.8) is 0 Å². The average Bonchev–Trinajstić information content (AvgIpc) is 2.49. The van der Waals surface area contributed by atoms with E-state index in [9.17, 15) is 10.1 Å². The summed E-state index contributed by atoms with van der Waals surface area (Å²) in [6.45, 7) is 0.496. The van der Waals surface area contributed by atoms with Crippen molar-refractivity contribution >= 4 is 17.1 Å². The first-order valence-corrected chi connectivity index (χ1v) is 6.78. The Labute approximate surface area is 127 Å². The fourth-order valence-corrected chi connectivity index (χ4v) is 1.98. The number of nitrogens with one attached hydrogen (secondary N) is 1. The van der Waals surface area contributed by atoms with E-state index in [1.54, 1.807) is 24.5 Å². The number of nitro groups is 1. The van der Waals surface area contributed by atoms with Crippen LogP contribution >= 0.6 is 0 Å². The van der Waals surface area contributed by atoms with Crippen molar-refractivity contribution in [1.82, 2.24) is 9.97 Å². The number of hydrogen-bond donors (Lipinski definition) is 3. The van der Waals surface area contributed by atoms with E-state index in [0.717, 1.165) is 11.4 Å². The Bertz CT molecular complexity index is 663. The molecule has 0 unspecified atom stereocenters. The third-order valence-corrected chi connectivity index (χ3v) is 3.02. The molecule has 8 heteroatoms. The molecule has 116 valence electrons. The summed E-state index contributed by atoms with van der Waals surface area (Å²) in [6.07, 6.45) is 4.27. The van der Waals surface area contributed by atoms with E-state index in [2.05, 4.69) is 15.3 Å². The molecular weight excluding hydrogens is 286 g/mol. The zero-order valence-corrected chi connectivity index (χ0v) is 11.9. The number of aliphatic hydroxyl groups is 1. The minimum Gasteiger partial charge on any atom is -0.399 e. The highest BCUT2D eigenvalue weighted by molar-refractivity contribution is 5.66. The lowest BCUT2D eigenvalue weighted by atomic mass is 10.2. The fourth-order valence-electron chi connectivity index (χ4n) is 1.98. The predicted molar refractivity (Wildman–Crippen MR) is 82.5 cm³/mol. The Hall–Kier alpha value is -2.74. The van der Waals surface area contributed by atoms with Crippen LogP contribution in [0.4, 0.5) is 17.1 Å². The van der Waals surface area contributed by atoms with Gasteiger partial charge in [0.2, 0.25) is 0 Å². The number of nitrogen functional groups attached to an aromatic ring is 1. The summed E-state index contributed by atoms with van der Waals surface area (Å²) in [4.78, 5) is 18.9. The average molecular weight is 303 g/mol. The van der Waals surface area contributed by atoms with Gasteiger partial charge in [-0.25, -0.2) is 0 Å². The Balaban J connectivity index is 1.99. The molecule has 0 aliphatic heterocycles. The first-order chi connectivity index (χ1) is 10.6. The number of anilines is 2. The lowest BCUT2D eigenvalue weighted by molar-refractivity contribution is -0.383. The van der Waals surface area contributed by atoms with Crippen LogP contribution in [0.3, 0.4) is 0 Å². The number of benzene rings is 1. The van der Waals surface area contributed by atoms with Crippen LogP contribution in [0.1, 0.15) is 11.4 Å². The molecule has 0 aliphatic rings. The monoisotopic (exact) mass is 303 g/mol. The molecule has 0 fully saturated rings. The molecule has 0 bridgehead atoms. The maximum absolute atomic E-state index is 11.0. The van der Waals surface area contributed by atoms with Gasteiger partial charge in [-0.2, -0.15) is 0 Å². The van der Waals surface area contributed by atoms with E-state index in [1.165, 1.54) is 6.07 Å². The number of nitrogens with zero attached hydrogens (tertiary/aromatic N) is 3. The van der Waals surface area contributed by atoms with Crippen molar-refractivity contribution in [3.05, 3.63) is 52.1 Å². The largest absolute Gasteiger partial charge is 0.399 e. The fraction of sp³-hybridized carbons (Fsp3) is 0.286. The topological polar surface area (TPSA) is 127 Å². The molecule has 1 heterocycles. The molecule has 2 aromatic rings. The van der Waals surface area contributed by atoms with Crippen LogP contribution < -0.4 is 11.1 Å². The minimum absolute atomic E-state index is 0.0218. The van der Waals surface area contributed by atoms with Crippen LogP contribution in [-0.4, -0.2) is 33.1 Å². The molecule has 0 atom stereocenters. The number of aliphatic hydroxyl groups excluding tert-OH is 1. The van der Waals surface area contributed by atoms with Gasteiger partial charge in [-0.05, 0) is 12.1 Å². The van der Waals surface area contributed by atoms with E-state index >= 15 is 0 Å². The molecule has 4 N–H and O–H groups in total. The standard InChI is InChI=1S/C14H17N5O3/c15-10-1-2-13(14(7-10)19(21)22)17-5-3-11-8-16-9-12(18-11)4-6-20/h1-2,7-9,17,20H,3-6,15H2. The van der Waals surface area contributed by atoms with Crippen LogP contribution in [0.2, 0.25) is 0 Å². The zero-order valence-electron chi connectivity index (χ0n) is 11.9. The first-order valence-electron chi connectivity index (χ1n) is 6.78. The minimum atomic E-state index is -0.472. The van der Waals surface area contributed by atoms with Crippen LogP contribution in [0.5, 0.6) is 0 Å². The highest BCUT2D eigenvalue weighted by Crippen LogP contribution is 2.26. The number of aromatic nitrogens is 2. The number of nitro benzene ring substituents is 1. The van der Waals surface area contributed by atoms with Crippen LogP contribution in [0.25, 0.3) is 0 Å². The van der Waals surface area contributed by atoms with Crippen molar-refractivity contribution in [2.75, 3.05) is 24.2 Å². The predicted octanol–water partition coefficient (Wildman–Crippen LogP) is 1.16. The van der Waals surface area contributed by atoms with E-state index in [-0.39, 0.29) is 12.3 Å². The number of hydrogen-bond acceptors (Lipinski definition) is 7. The highest BCUT2D eigenvalue weighted by atomic mass is 16.6. The third-order valence-electron chi connectivity index (χ3n) is 3.02. The van der Waals surface area contributed by atoms with Crippen molar-refractivity contribution in [1.29, 1.82) is 0 Å². The van der Waals surface area contributed by atoms with Gasteiger partial charge in [0.25, 0.3) is 5.69 Å². The van der Waals surface area contributed by atoms with Gasteiger partial charge in [0.05, 0.1) is 16.3 Å². The molecule has 0 radical (unpaired) electrons. The highest BCUT2D eigenvalue weighted by Gasteiger charge is 2.13. The van der Waals surface area contributed by atoms with Gasteiger partial charge < -0.3 is 16.2 Å². The molecule has 0 saturated carbocycles. The Morgan fingerprint density at radius 1 is 1.27 bits per heavy atom. The van der Waals surface area contributed by atoms with Crippen LogP contribution in [0, 0.1) is 10.1 Å². The molecule has 0 spiro atoms. The summed E-state index contributed by atoms with van der Waals surface area (Å²) < 4.78 is 0. The van der Waals surface area contributed by atoms with E-state index in [4.69, 9.17) is 10.8 Å². The van der Waals surface area contributed by atoms with Crippen molar-refractivity contribution in [3.8, 4) is 0 Å². The van der Waals surface area contributed by atoms with E-state index < -0.39 is 4.92 Å². The maximum Gasteiger partial charge on any atom is 0.294 e. The van der Waals surface area contributed by atoms with Crippen LogP contribution in [-0.2, 0) is 12.8 Å². The summed E-state index contributed by atoms with van der Waals surface area (Å²) in [5.41, 5.74) is 7.75. The number of rotatable bonds is 7. The smallest absolute Gasteiger partial charge is 0.294 e. The van der Waals surface area contributed by atoms with Crippen molar-refractivity contribution in [2.45, 2.75) is 12.8 Å². The second-order valence-corrected chi connectivity index (χ2v) is 4.69. The first kappa shape index (κ1) is 15.6. The maximum atomic E-state index is 11.0. The van der Waals surface area contributed by atoms with E-state index in [1.807, 2.05) is 0 Å². The van der Waals surface area contributed by atoms with Crippen molar-refractivity contribution in [2.24, 2.45) is 0 Å². The molecule has 8 nitrogen and oxygen atoms in total. The summed E-state index contributed by atoms with van der Waals surface area (Å²) in [7, 11) is 0. The second-order valence-electron chi connectivity index (χ2n) is 4.69. The van der Waals surface area contributed by atoms with Gasteiger partial charge in [-0.1, -0.05) is 0 Å². The van der Waals surface area contributed by atoms with Gasteiger partial charge in [-0.15, -0.1) is 0 Å². The Morgan fingerprint density at radius 3 is 2.68 bits per heavy atom. The van der Waals surface area contributed by atoms with Gasteiger partial charge in [0.15, 0.2) is 0 Å². The molecular formula is C14H17N5O3. The lowest BCUT2D eigenvalue weighted by Gasteiger charge is -2.08. The summed E-state index contributed by atoms with van der Waals surface area (Å²) in [6, 6.07) is 4.52. The SMILES string of the molecule is Nc1ccc(NCCc2cncc(CCO)n2)c([N+](=O)[O-])c1. The molecule has 1 aromatic heterocycles. The zero-order chi connectivity index (χ0) is 15.9. The third kappa shape index (κ3) is 4.13. The van der Waals surface area contributed by atoms with Gasteiger partial charge in [-0.3, -0.25) is 20.1 Å². The summed E-state index contributed by atoms with van der Waals surface area (Å²) in [5.74, 6) is 0. The van der Waals surface area contributed by atoms with Gasteiger partial charge in [0.1, 0.15) is 5.69 Å². The molecule has 1 aromatic carbocycles. The normalized spacial score (nSPS) is 10.4. The van der Waals surface area contributed by atoms with Gasteiger partial charge >= 0.3 is 0 Å².